The number of carbonyl (C=O) groups excluding carboxylic acids is 1. The maximum atomic E-state index is 11.8. The molecule has 0 radical (unpaired) electrons. The molecule has 0 aromatic carbocycles. The molecular formula is C11H21NO4. The van der Waals surface area contributed by atoms with Crippen molar-refractivity contribution in [2.75, 3.05) is 20.2 Å². The predicted molar refractivity (Wildman–Crippen MR) is 60.1 cm³/mol. The molecule has 0 spiro atoms. The molecule has 0 aliphatic rings. The standard InChI is InChI=1S/C11H21NO4/c1-5-12(7-8(2)11(14)15)10(13)6-9(3)16-4/h8-9H,5-7H2,1-4H3,(H,14,15). The van der Waals surface area contributed by atoms with Crippen molar-refractivity contribution in [1.82, 2.24) is 4.90 Å². The molecule has 0 aromatic rings. The fraction of sp³-hybridized carbons (Fsp3) is 0.818. The summed E-state index contributed by atoms with van der Waals surface area (Å²) in [5.74, 6) is -1.49. The summed E-state index contributed by atoms with van der Waals surface area (Å²) in [6.45, 7) is 6.02. The number of carbonyl (C=O) groups is 2. The first-order valence-corrected chi connectivity index (χ1v) is 5.45. The van der Waals surface area contributed by atoms with E-state index >= 15 is 0 Å². The predicted octanol–water partition coefficient (Wildman–Crippen LogP) is 0.981. The second-order valence-electron chi connectivity index (χ2n) is 3.92. The summed E-state index contributed by atoms with van der Waals surface area (Å²) in [6, 6.07) is 0. The molecular weight excluding hydrogens is 210 g/mol. The summed E-state index contributed by atoms with van der Waals surface area (Å²) >= 11 is 0. The third-order valence-electron chi connectivity index (χ3n) is 2.51. The van der Waals surface area contributed by atoms with Crippen LogP contribution in [0.5, 0.6) is 0 Å². The third kappa shape index (κ3) is 5.11. The molecule has 0 fully saturated rings. The summed E-state index contributed by atoms with van der Waals surface area (Å²) in [5, 5.41) is 8.77. The van der Waals surface area contributed by atoms with E-state index in [0.29, 0.717) is 6.54 Å². The van der Waals surface area contributed by atoms with E-state index in [2.05, 4.69) is 0 Å². The van der Waals surface area contributed by atoms with Gasteiger partial charge in [0.15, 0.2) is 0 Å². The van der Waals surface area contributed by atoms with Gasteiger partial charge in [-0.25, -0.2) is 0 Å². The minimum atomic E-state index is -0.883. The van der Waals surface area contributed by atoms with Crippen LogP contribution >= 0.6 is 0 Å². The van der Waals surface area contributed by atoms with Crippen molar-refractivity contribution in [3.05, 3.63) is 0 Å². The zero-order valence-electron chi connectivity index (χ0n) is 10.4. The van der Waals surface area contributed by atoms with Gasteiger partial charge < -0.3 is 14.7 Å². The fourth-order valence-electron chi connectivity index (χ4n) is 1.27. The van der Waals surface area contributed by atoms with Gasteiger partial charge >= 0.3 is 5.97 Å². The van der Waals surface area contributed by atoms with Crippen LogP contribution in [-0.2, 0) is 14.3 Å². The first kappa shape index (κ1) is 14.9. The van der Waals surface area contributed by atoms with Crippen LogP contribution < -0.4 is 0 Å². The lowest BCUT2D eigenvalue weighted by Gasteiger charge is -2.24. The number of methoxy groups -OCH3 is 1. The van der Waals surface area contributed by atoms with E-state index in [1.807, 2.05) is 13.8 Å². The molecule has 0 saturated heterocycles. The molecule has 1 amide bonds. The second-order valence-corrected chi connectivity index (χ2v) is 3.92. The van der Waals surface area contributed by atoms with Gasteiger partial charge in [-0.2, -0.15) is 0 Å². The van der Waals surface area contributed by atoms with Crippen molar-refractivity contribution in [3.8, 4) is 0 Å². The molecule has 0 aromatic heterocycles. The maximum absolute atomic E-state index is 11.8. The third-order valence-corrected chi connectivity index (χ3v) is 2.51. The van der Waals surface area contributed by atoms with Crippen molar-refractivity contribution in [2.24, 2.45) is 5.92 Å². The van der Waals surface area contributed by atoms with Crippen LogP contribution in [-0.4, -0.2) is 48.2 Å². The monoisotopic (exact) mass is 231 g/mol. The Morgan fingerprint density at radius 2 is 1.94 bits per heavy atom. The van der Waals surface area contributed by atoms with Crippen molar-refractivity contribution in [2.45, 2.75) is 33.3 Å². The summed E-state index contributed by atoms with van der Waals surface area (Å²) < 4.78 is 5.00. The lowest BCUT2D eigenvalue weighted by molar-refractivity contribution is -0.143. The number of carboxylic acid groups (broad SMARTS) is 1. The van der Waals surface area contributed by atoms with Gasteiger partial charge in [0.25, 0.3) is 0 Å². The number of aliphatic carboxylic acids is 1. The van der Waals surface area contributed by atoms with Crippen molar-refractivity contribution in [3.63, 3.8) is 0 Å². The number of rotatable bonds is 7. The van der Waals surface area contributed by atoms with Gasteiger partial charge in [-0.05, 0) is 13.8 Å². The van der Waals surface area contributed by atoms with Crippen LogP contribution in [0.3, 0.4) is 0 Å². The highest BCUT2D eigenvalue weighted by molar-refractivity contribution is 5.77. The highest BCUT2D eigenvalue weighted by atomic mass is 16.5. The van der Waals surface area contributed by atoms with E-state index in [0.717, 1.165) is 0 Å². The zero-order valence-corrected chi connectivity index (χ0v) is 10.4. The lowest BCUT2D eigenvalue weighted by atomic mass is 10.1. The molecule has 0 aliphatic heterocycles. The van der Waals surface area contributed by atoms with Gasteiger partial charge in [0.05, 0.1) is 18.4 Å². The number of carboxylic acids is 1. The molecule has 5 nitrogen and oxygen atoms in total. The Kier molecular flexibility index (Phi) is 6.72. The van der Waals surface area contributed by atoms with Gasteiger partial charge in [0.2, 0.25) is 5.91 Å². The topological polar surface area (TPSA) is 66.8 Å². The van der Waals surface area contributed by atoms with Gasteiger partial charge in [-0.15, -0.1) is 0 Å². The van der Waals surface area contributed by atoms with E-state index in [1.165, 1.54) is 0 Å². The minimum Gasteiger partial charge on any atom is -0.481 e. The molecule has 0 rings (SSSR count). The Morgan fingerprint density at radius 3 is 2.31 bits per heavy atom. The Morgan fingerprint density at radius 1 is 1.38 bits per heavy atom. The highest BCUT2D eigenvalue weighted by Gasteiger charge is 2.20. The maximum Gasteiger partial charge on any atom is 0.308 e. The highest BCUT2D eigenvalue weighted by Crippen LogP contribution is 2.05. The van der Waals surface area contributed by atoms with Crippen molar-refractivity contribution < 1.29 is 19.4 Å². The molecule has 94 valence electrons. The summed E-state index contributed by atoms with van der Waals surface area (Å²) in [6.07, 6.45) is 0.151. The van der Waals surface area contributed by atoms with E-state index in [-0.39, 0.29) is 25.0 Å². The van der Waals surface area contributed by atoms with E-state index < -0.39 is 11.9 Å². The Hall–Kier alpha value is -1.10. The van der Waals surface area contributed by atoms with Gasteiger partial charge in [-0.1, -0.05) is 6.92 Å². The van der Waals surface area contributed by atoms with Crippen LogP contribution in [0.4, 0.5) is 0 Å². The second kappa shape index (κ2) is 7.22. The molecule has 2 unspecified atom stereocenters. The van der Waals surface area contributed by atoms with Crippen molar-refractivity contribution >= 4 is 11.9 Å². The van der Waals surface area contributed by atoms with Gasteiger partial charge in [-0.3, -0.25) is 9.59 Å². The molecule has 0 saturated carbocycles. The minimum absolute atomic E-state index is 0.0649. The van der Waals surface area contributed by atoms with Crippen LogP contribution in [0.1, 0.15) is 27.2 Å². The van der Waals surface area contributed by atoms with Gasteiger partial charge in [0.1, 0.15) is 0 Å². The molecule has 0 heterocycles. The molecule has 16 heavy (non-hydrogen) atoms. The Labute approximate surface area is 96.4 Å². The number of hydrogen-bond acceptors (Lipinski definition) is 3. The van der Waals surface area contributed by atoms with Crippen LogP contribution in [0.2, 0.25) is 0 Å². The lowest BCUT2D eigenvalue weighted by Crippen LogP contribution is -2.38. The van der Waals surface area contributed by atoms with Crippen LogP contribution in [0.25, 0.3) is 0 Å². The Balaban J connectivity index is 4.27. The number of ether oxygens (including phenoxy) is 1. The first-order valence-electron chi connectivity index (χ1n) is 5.45. The van der Waals surface area contributed by atoms with Crippen LogP contribution in [0, 0.1) is 5.92 Å². The molecule has 1 N–H and O–H groups in total. The Bertz CT molecular complexity index is 242. The summed E-state index contributed by atoms with van der Waals surface area (Å²) in [5.41, 5.74) is 0. The molecule has 2 atom stereocenters. The van der Waals surface area contributed by atoms with E-state index in [9.17, 15) is 9.59 Å². The van der Waals surface area contributed by atoms with Gasteiger partial charge in [0, 0.05) is 20.2 Å². The molecule has 0 bridgehead atoms. The first-order chi connectivity index (χ1) is 7.42. The van der Waals surface area contributed by atoms with E-state index in [4.69, 9.17) is 9.84 Å². The molecule has 0 aliphatic carbocycles. The summed E-state index contributed by atoms with van der Waals surface area (Å²) in [4.78, 5) is 24.0. The normalized spacial score (nSPS) is 14.2. The average molecular weight is 231 g/mol. The zero-order chi connectivity index (χ0) is 12.7. The van der Waals surface area contributed by atoms with E-state index in [1.54, 1.807) is 18.9 Å². The number of nitrogens with zero attached hydrogens (tertiary/aromatic N) is 1. The van der Waals surface area contributed by atoms with Crippen LogP contribution in [0.15, 0.2) is 0 Å². The molecule has 5 heteroatoms. The summed E-state index contributed by atoms with van der Waals surface area (Å²) in [7, 11) is 1.55. The SMILES string of the molecule is CCN(CC(C)C(=O)O)C(=O)CC(C)OC. The fourth-order valence-corrected chi connectivity index (χ4v) is 1.27. The number of hydrogen-bond donors (Lipinski definition) is 1. The van der Waals surface area contributed by atoms with Crippen molar-refractivity contribution in [1.29, 1.82) is 0 Å². The quantitative estimate of drug-likeness (QED) is 0.709. The average Bonchev–Trinajstić information content (AvgIpc) is 2.24. The number of amides is 1. The smallest absolute Gasteiger partial charge is 0.308 e. The largest absolute Gasteiger partial charge is 0.481 e.